The van der Waals surface area contributed by atoms with Gasteiger partial charge in [0, 0.05) is 19.2 Å². The van der Waals surface area contributed by atoms with E-state index >= 15 is 0 Å². The molecule has 7 heteroatoms. The van der Waals surface area contributed by atoms with E-state index in [0.29, 0.717) is 30.3 Å². The summed E-state index contributed by atoms with van der Waals surface area (Å²) in [5, 5.41) is 2.94. The molecule has 1 fully saturated rings. The summed E-state index contributed by atoms with van der Waals surface area (Å²) >= 11 is 0. The van der Waals surface area contributed by atoms with Gasteiger partial charge < -0.3 is 19.7 Å². The molecule has 2 aromatic rings. The van der Waals surface area contributed by atoms with Crippen molar-refractivity contribution >= 4 is 17.6 Å². The SMILES string of the molecule is COc1ccc(OC)c(N2CCN(CC(=O)NC(C)c3ccccc3)C2=O)c1. The number of ether oxygens (including phenoxy) is 2. The molecule has 1 saturated heterocycles. The number of nitrogens with one attached hydrogen (secondary N) is 1. The van der Waals surface area contributed by atoms with Crippen LogP contribution in [0.5, 0.6) is 11.5 Å². The molecule has 0 bridgehead atoms. The van der Waals surface area contributed by atoms with E-state index in [1.165, 1.54) is 4.90 Å². The lowest BCUT2D eigenvalue weighted by Gasteiger charge is -2.21. The lowest BCUT2D eigenvalue weighted by Crippen LogP contribution is -2.40. The molecule has 1 atom stereocenters. The van der Waals surface area contributed by atoms with E-state index in [0.717, 1.165) is 5.56 Å². The number of benzene rings is 2. The molecule has 3 amide bonds. The number of hydrogen-bond donors (Lipinski definition) is 1. The van der Waals surface area contributed by atoms with Crippen molar-refractivity contribution in [2.24, 2.45) is 0 Å². The van der Waals surface area contributed by atoms with Crippen molar-refractivity contribution in [1.82, 2.24) is 10.2 Å². The second kappa shape index (κ2) is 8.65. The van der Waals surface area contributed by atoms with Gasteiger partial charge in [-0.2, -0.15) is 0 Å². The van der Waals surface area contributed by atoms with Crippen molar-refractivity contribution in [3.8, 4) is 11.5 Å². The molecule has 28 heavy (non-hydrogen) atoms. The Labute approximate surface area is 164 Å². The molecule has 7 nitrogen and oxygen atoms in total. The molecular weight excluding hydrogens is 358 g/mol. The molecule has 1 heterocycles. The summed E-state index contributed by atoms with van der Waals surface area (Å²) < 4.78 is 10.6. The van der Waals surface area contributed by atoms with Gasteiger partial charge in [-0.1, -0.05) is 30.3 Å². The van der Waals surface area contributed by atoms with Crippen LogP contribution in [0.15, 0.2) is 48.5 Å². The summed E-state index contributed by atoms with van der Waals surface area (Å²) in [6.45, 7) is 2.88. The van der Waals surface area contributed by atoms with Crippen molar-refractivity contribution in [2.45, 2.75) is 13.0 Å². The lowest BCUT2D eigenvalue weighted by molar-refractivity contribution is -0.122. The Kier molecular flexibility index (Phi) is 6.03. The molecule has 1 unspecified atom stereocenters. The number of hydrogen-bond acceptors (Lipinski definition) is 4. The van der Waals surface area contributed by atoms with Crippen molar-refractivity contribution in [1.29, 1.82) is 0 Å². The molecule has 0 aliphatic carbocycles. The molecule has 1 aliphatic heterocycles. The number of urea groups is 1. The van der Waals surface area contributed by atoms with Gasteiger partial charge in [-0.15, -0.1) is 0 Å². The van der Waals surface area contributed by atoms with E-state index in [2.05, 4.69) is 5.32 Å². The maximum Gasteiger partial charge on any atom is 0.325 e. The molecule has 0 radical (unpaired) electrons. The first-order valence-electron chi connectivity index (χ1n) is 9.16. The third-order valence-electron chi connectivity index (χ3n) is 4.78. The fraction of sp³-hybridized carbons (Fsp3) is 0.333. The number of anilines is 1. The second-order valence-corrected chi connectivity index (χ2v) is 6.59. The quantitative estimate of drug-likeness (QED) is 0.798. The van der Waals surface area contributed by atoms with E-state index in [-0.39, 0.29) is 24.5 Å². The van der Waals surface area contributed by atoms with Crippen molar-refractivity contribution in [2.75, 3.05) is 38.8 Å². The van der Waals surface area contributed by atoms with Crippen LogP contribution in [-0.2, 0) is 4.79 Å². The van der Waals surface area contributed by atoms with Gasteiger partial charge >= 0.3 is 6.03 Å². The number of carbonyl (C=O) groups is 2. The van der Waals surface area contributed by atoms with Gasteiger partial charge in [-0.05, 0) is 24.6 Å². The number of methoxy groups -OCH3 is 2. The largest absolute Gasteiger partial charge is 0.497 e. The van der Waals surface area contributed by atoms with Gasteiger partial charge in [-0.3, -0.25) is 9.69 Å². The van der Waals surface area contributed by atoms with Crippen LogP contribution in [0.1, 0.15) is 18.5 Å². The van der Waals surface area contributed by atoms with E-state index in [1.807, 2.05) is 37.3 Å². The smallest absolute Gasteiger partial charge is 0.325 e. The fourth-order valence-corrected chi connectivity index (χ4v) is 3.25. The van der Waals surface area contributed by atoms with Crippen LogP contribution in [0.25, 0.3) is 0 Å². The molecule has 1 N–H and O–H groups in total. The predicted molar refractivity (Wildman–Crippen MR) is 107 cm³/mol. The standard InChI is InChI=1S/C21H25N3O4/c1-15(16-7-5-4-6-8-16)22-20(25)14-23-11-12-24(21(23)26)18-13-17(27-2)9-10-19(18)28-3/h4-10,13,15H,11-12,14H2,1-3H3,(H,22,25). The van der Waals surface area contributed by atoms with Crippen LogP contribution in [0.4, 0.5) is 10.5 Å². The predicted octanol–water partition coefficient (Wildman–Crippen LogP) is 2.82. The molecule has 0 saturated carbocycles. The van der Waals surface area contributed by atoms with Crippen LogP contribution >= 0.6 is 0 Å². The van der Waals surface area contributed by atoms with Gasteiger partial charge in [0.1, 0.15) is 18.0 Å². The number of amides is 3. The molecule has 1 aliphatic rings. The first-order chi connectivity index (χ1) is 13.5. The highest BCUT2D eigenvalue weighted by Gasteiger charge is 2.32. The fourth-order valence-electron chi connectivity index (χ4n) is 3.25. The van der Waals surface area contributed by atoms with Gasteiger partial charge in [0.05, 0.1) is 25.9 Å². The average molecular weight is 383 g/mol. The van der Waals surface area contributed by atoms with Crippen molar-refractivity contribution in [3.05, 3.63) is 54.1 Å². The highest BCUT2D eigenvalue weighted by molar-refractivity contribution is 5.98. The highest BCUT2D eigenvalue weighted by Crippen LogP contribution is 2.34. The Balaban J connectivity index is 1.65. The number of rotatable bonds is 7. The molecule has 2 aromatic carbocycles. The van der Waals surface area contributed by atoms with Gasteiger partial charge in [0.25, 0.3) is 0 Å². The zero-order valence-electron chi connectivity index (χ0n) is 16.3. The van der Waals surface area contributed by atoms with E-state index in [4.69, 9.17) is 9.47 Å². The Bertz CT molecular complexity index is 841. The first kappa shape index (κ1) is 19.5. The molecular formula is C21H25N3O4. The topological polar surface area (TPSA) is 71.1 Å². The lowest BCUT2D eigenvalue weighted by atomic mass is 10.1. The summed E-state index contributed by atoms with van der Waals surface area (Å²) in [4.78, 5) is 28.4. The van der Waals surface area contributed by atoms with E-state index in [1.54, 1.807) is 37.3 Å². The zero-order chi connectivity index (χ0) is 20.1. The van der Waals surface area contributed by atoms with Crippen LogP contribution in [-0.4, -0.2) is 50.7 Å². The zero-order valence-corrected chi connectivity index (χ0v) is 16.3. The Morgan fingerprint density at radius 2 is 1.86 bits per heavy atom. The third kappa shape index (κ3) is 4.19. The van der Waals surface area contributed by atoms with Gasteiger partial charge in [-0.25, -0.2) is 4.79 Å². The van der Waals surface area contributed by atoms with E-state index in [9.17, 15) is 9.59 Å². The number of nitrogens with zero attached hydrogens (tertiary/aromatic N) is 2. The van der Waals surface area contributed by atoms with Gasteiger partial charge in [0.15, 0.2) is 0 Å². The minimum atomic E-state index is -0.228. The van der Waals surface area contributed by atoms with Crippen LogP contribution in [0.2, 0.25) is 0 Å². The summed E-state index contributed by atoms with van der Waals surface area (Å²) in [7, 11) is 3.13. The van der Waals surface area contributed by atoms with Crippen LogP contribution in [0.3, 0.4) is 0 Å². The highest BCUT2D eigenvalue weighted by atomic mass is 16.5. The molecule has 0 spiro atoms. The minimum absolute atomic E-state index is 0.0127. The summed E-state index contributed by atoms with van der Waals surface area (Å²) in [5.41, 5.74) is 1.65. The second-order valence-electron chi connectivity index (χ2n) is 6.59. The Morgan fingerprint density at radius 3 is 2.54 bits per heavy atom. The normalized spacial score (nSPS) is 14.8. The summed E-state index contributed by atoms with van der Waals surface area (Å²) in [6.07, 6.45) is 0. The third-order valence-corrected chi connectivity index (χ3v) is 4.78. The summed E-state index contributed by atoms with van der Waals surface area (Å²) in [5.74, 6) is 1.03. The van der Waals surface area contributed by atoms with Crippen molar-refractivity contribution < 1.29 is 19.1 Å². The summed E-state index contributed by atoms with van der Waals surface area (Å²) in [6, 6.07) is 14.7. The van der Waals surface area contributed by atoms with Gasteiger partial charge in [0.2, 0.25) is 5.91 Å². The van der Waals surface area contributed by atoms with Crippen LogP contribution in [0, 0.1) is 0 Å². The van der Waals surface area contributed by atoms with E-state index < -0.39 is 0 Å². The maximum atomic E-state index is 12.8. The average Bonchev–Trinajstić information content (AvgIpc) is 3.08. The number of carbonyl (C=O) groups excluding carboxylic acids is 2. The monoisotopic (exact) mass is 383 g/mol. The van der Waals surface area contributed by atoms with Crippen LogP contribution < -0.4 is 19.7 Å². The maximum absolute atomic E-state index is 12.8. The first-order valence-corrected chi connectivity index (χ1v) is 9.16. The Morgan fingerprint density at radius 1 is 1.11 bits per heavy atom. The Hall–Kier alpha value is -3.22. The molecule has 148 valence electrons. The molecule has 3 rings (SSSR count). The molecule has 0 aromatic heterocycles. The minimum Gasteiger partial charge on any atom is -0.497 e. The van der Waals surface area contributed by atoms with Crippen molar-refractivity contribution in [3.63, 3.8) is 0 Å².